The third kappa shape index (κ3) is 2.89. The highest BCUT2D eigenvalue weighted by Gasteiger charge is 2.22. The molecule has 0 fully saturated rings. The van der Waals surface area contributed by atoms with E-state index in [1.54, 1.807) is 0 Å². The van der Waals surface area contributed by atoms with Gasteiger partial charge in [-0.05, 0) is 31.2 Å². The number of aryl methyl sites for hydroxylation is 1. The van der Waals surface area contributed by atoms with E-state index in [2.05, 4.69) is 53.7 Å². The van der Waals surface area contributed by atoms with Crippen LogP contribution in [-0.4, -0.2) is 9.97 Å². The lowest BCUT2D eigenvalue weighted by molar-refractivity contribution is -0.574. The summed E-state index contributed by atoms with van der Waals surface area (Å²) in [5.74, 6) is 0.628. The van der Waals surface area contributed by atoms with Gasteiger partial charge in [-0.15, -0.1) is 0 Å². The Morgan fingerprint density at radius 1 is 0.867 bits per heavy atom. The molecule has 5 aromatic rings. The van der Waals surface area contributed by atoms with Gasteiger partial charge in [0.2, 0.25) is 11.2 Å². The molecule has 30 heavy (non-hydrogen) atoms. The van der Waals surface area contributed by atoms with Gasteiger partial charge >= 0.3 is 0 Å². The maximum atomic E-state index is 9.73. The first-order valence-corrected chi connectivity index (χ1v) is 9.83. The van der Waals surface area contributed by atoms with Crippen LogP contribution in [0.25, 0.3) is 38.9 Å². The highest BCUT2D eigenvalue weighted by molar-refractivity contribution is 5.81. The number of hydrogen-bond acceptors (Lipinski definition) is 3. The zero-order valence-electron chi connectivity index (χ0n) is 16.8. The average molecular weight is 387 g/mol. The zero-order chi connectivity index (χ0) is 20.7. The van der Waals surface area contributed by atoms with Crippen molar-refractivity contribution >= 4 is 21.8 Å². The molecule has 0 unspecified atom stereocenters. The summed E-state index contributed by atoms with van der Waals surface area (Å²) in [6, 6.07) is 26.6. The molecule has 0 aliphatic heterocycles. The van der Waals surface area contributed by atoms with Crippen molar-refractivity contribution in [3.05, 3.63) is 95.8 Å². The molecular weight excluding hydrogens is 368 g/mol. The number of nitriles is 1. The minimum atomic E-state index is 0.585. The van der Waals surface area contributed by atoms with Gasteiger partial charge in [0.1, 0.15) is 0 Å². The maximum Gasteiger partial charge on any atom is 0.218 e. The number of rotatable bonds is 2. The molecular formula is C26H19N4+. The second-order valence-corrected chi connectivity index (χ2v) is 7.40. The second-order valence-electron chi connectivity index (χ2n) is 7.40. The van der Waals surface area contributed by atoms with E-state index in [1.165, 1.54) is 0 Å². The van der Waals surface area contributed by atoms with Crippen LogP contribution < -0.4 is 4.57 Å². The average Bonchev–Trinajstić information content (AvgIpc) is 2.79. The van der Waals surface area contributed by atoms with E-state index in [1.807, 2.05) is 54.7 Å². The summed E-state index contributed by atoms with van der Waals surface area (Å²) < 4.78 is 2.20. The number of aromatic nitrogens is 3. The molecule has 0 aliphatic carbocycles. The van der Waals surface area contributed by atoms with Crippen LogP contribution in [0.2, 0.25) is 0 Å². The summed E-state index contributed by atoms with van der Waals surface area (Å²) in [7, 11) is 0. The van der Waals surface area contributed by atoms with Crippen LogP contribution in [-0.2, 0) is 0 Å². The Balaban J connectivity index is 1.82. The molecule has 0 saturated heterocycles. The van der Waals surface area contributed by atoms with Gasteiger partial charge in [0.25, 0.3) is 0 Å². The fraction of sp³-hybridized carbons (Fsp3) is 0.0769. The molecule has 4 heteroatoms. The molecule has 5 rings (SSSR count). The van der Waals surface area contributed by atoms with Gasteiger partial charge in [-0.3, -0.25) is 0 Å². The van der Waals surface area contributed by atoms with Crippen LogP contribution in [0.3, 0.4) is 0 Å². The van der Waals surface area contributed by atoms with E-state index in [0.717, 1.165) is 44.3 Å². The molecule has 0 atom stereocenters. The van der Waals surface area contributed by atoms with Gasteiger partial charge in [-0.1, -0.05) is 30.3 Å². The van der Waals surface area contributed by atoms with Gasteiger partial charge in [-0.25, -0.2) is 9.97 Å². The van der Waals surface area contributed by atoms with Crippen LogP contribution in [0.5, 0.6) is 0 Å². The Labute approximate surface area is 174 Å². The highest BCUT2D eigenvalue weighted by atomic mass is 15.0. The van der Waals surface area contributed by atoms with Gasteiger partial charge in [0.05, 0.1) is 17.1 Å². The molecule has 0 saturated carbocycles. The summed E-state index contributed by atoms with van der Waals surface area (Å²) in [6.45, 7) is 4.15. The first-order chi connectivity index (χ1) is 14.7. The number of pyridine rings is 1. The highest BCUT2D eigenvalue weighted by Crippen LogP contribution is 2.27. The van der Waals surface area contributed by atoms with Crippen molar-refractivity contribution in [1.82, 2.24) is 9.97 Å². The Hall–Kier alpha value is -4.10. The van der Waals surface area contributed by atoms with E-state index in [4.69, 9.17) is 4.98 Å². The van der Waals surface area contributed by atoms with Crippen molar-refractivity contribution in [2.75, 3.05) is 0 Å². The summed E-state index contributed by atoms with van der Waals surface area (Å²) in [6.07, 6.45) is 1.84. The van der Waals surface area contributed by atoms with Crippen molar-refractivity contribution in [3.8, 4) is 23.1 Å². The number of nitrogens with zero attached hydrogens (tertiary/aromatic N) is 4. The Morgan fingerprint density at radius 3 is 2.47 bits per heavy atom. The predicted octanol–water partition coefficient (Wildman–Crippen LogP) is 5.22. The lowest BCUT2D eigenvalue weighted by Crippen LogP contribution is -2.36. The molecule has 0 amide bonds. The topological polar surface area (TPSA) is 53.5 Å². The molecule has 142 valence electrons. The van der Waals surface area contributed by atoms with E-state index >= 15 is 0 Å². The summed E-state index contributed by atoms with van der Waals surface area (Å²) in [4.78, 5) is 9.37. The van der Waals surface area contributed by atoms with Gasteiger partial charge < -0.3 is 0 Å². The fourth-order valence-electron chi connectivity index (χ4n) is 3.96. The summed E-state index contributed by atoms with van der Waals surface area (Å²) in [5, 5.41) is 11.9. The smallest absolute Gasteiger partial charge is 0.218 e. The van der Waals surface area contributed by atoms with E-state index < -0.39 is 0 Å². The Bertz CT molecular complexity index is 1480. The van der Waals surface area contributed by atoms with E-state index in [-0.39, 0.29) is 0 Å². The van der Waals surface area contributed by atoms with Crippen LogP contribution in [0.4, 0.5) is 0 Å². The van der Waals surface area contributed by atoms with Crippen molar-refractivity contribution < 1.29 is 4.57 Å². The first kappa shape index (κ1) is 18.0. The summed E-state index contributed by atoms with van der Waals surface area (Å²) >= 11 is 0. The van der Waals surface area contributed by atoms with Gasteiger partial charge in [0.15, 0.2) is 11.5 Å². The quantitative estimate of drug-likeness (QED) is 0.391. The maximum absolute atomic E-state index is 9.73. The molecule has 0 radical (unpaired) electrons. The Kier molecular flexibility index (Phi) is 4.22. The van der Waals surface area contributed by atoms with E-state index in [9.17, 15) is 5.26 Å². The van der Waals surface area contributed by atoms with E-state index in [0.29, 0.717) is 11.4 Å². The van der Waals surface area contributed by atoms with Crippen molar-refractivity contribution in [2.45, 2.75) is 13.8 Å². The number of para-hydroxylation sites is 2. The number of fused-ring (bicyclic) bond motifs is 2. The van der Waals surface area contributed by atoms with Crippen LogP contribution in [0, 0.1) is 25.2 Å². The largest absolute Gasteiger partial charge is 0.236 e. The number of benzene rings is 3. The van der Waals surface area contributed by atoms with Gasteiger partial charge in [-0.2, -0.15) is 9.83 Å². The summed E-state index contributed by atoms with van der Waals surface area (Å²) in [5.41, 5.74) is 6.54. The standard InChI is InChI=1S/C26H19N4/c1-17-11-12-20-7-4-6-10-24(20)30(17)25-14-19(15-27)13-22(18(25)2)26-28-16-21-8-3-5-9-23(21)29-26/h3-14,16H,1-2H3/q+1. The molecule has 2 aromatic heterocycles. The third-order valence-corrected chi connectivity index (χ3v) is 5.51. The van der Waals surface area contributed by atoms with Crippen LogP contribution >= 0.6 is 0 Å². The normalized spacial score (nSPS) is 11.0. The fourth-order valence-corrected chi connectivity index (χ4v) is 3.96. The van der Waals surface area contributed by atoms with Crippen molar-refractivity contribution in [3.63, 3.8) is 0 Å². The lowest BCUT2D eigenvalue weighted by atomic mass is 10.0. The second kappa shape index (κ2) is 7.06. The number of hydrogen-bond donors (Lipinski definition) is 0. The van der Waals surface area contributed by atoms with Crippen LogP contribution in [0.1, 0.15) is 16.8 Å². The third-order valence-electron chi connectivity index (χ3n) is 5.51. The Morgan fingerprint density at radius 2 is 1.63 bits per heavy atom. The molecule has 0 bridgehead atoms. The molecule has 3 aromatic carbocycles. The monoisotopic (exact) mass is 387 g/mol. The van der Waals surface area contributed by atoms with Crippen molar-refractivity contribution in [2.24, 2.45) is 0 Å². The molecule has 2 heterocycles. The SMILES string of the molecule is Cc1c(-c2ncc3ccccc3n2)cc(C#N)cc1-[n+]1c(C)ccc2ccccc21. The lowest BCUT2D eigenvalue weighted by Gasteiger charge is -2.11. The first-order valence-electron chi connectivity index (χ1n) is 9.83. The van der Waals surface area contributed by atoms with Crippen molar-refractivity contribution in [1.29, 1.82) is 5.26 Å². The zero-order valence-corrected chi connectivity index (χ0v) is 16.8. The van der Waals surface area contributed by atoms with Gasteiger partial charge in [0, 0.05) is 53.2 Å². The molecule has 4 nitrogen and oxygen atoms in total. The minimum Gasteiger partial charge on any atom is -0.236 e. The van der Waals surface area contributed by atoms with Crippen LogP contribution in [0.15, 0.2) is 79.0 Å². The minimum absolute atomic E-state index is 0.585. The molecule has 0 spiro atoms. The predicted molar refractivity (Wildman–Crippen MR) is 118 cm³/mol. The molecule has 0 N–H and O–H groups in total. The molecule has 0 aliphatic rings.